The van der Waals surface area contributed by atoms with Crippen molar-refractivity contribution in [3.63, 3.8) is 0 Å². The summed E-state index contributed by atoms with van der Waals surface area (Å²) in [5, 5.41) is 8.15. The number of quaternary nitrogens is 1. The van der Waals surface area contributed by atoms with Gasteiger partial charge in [-0.15, -0.1) is 0 Å². The molecule has 0 aromatic heterocycles. The van der Waals surface area contributed by atoms with Gasteiger partial charge in [-0.1, -0.05) is 37.0 Å². The molecule has 0 radical (unpaired) electrons. The predicted molar refractivity (Wildman–Crippen MR) is 109 cm³/mol. The van der Waals surface area contributed by atoms with E-state index >= 15 is 0 Å². The van der Waals surface area contributed by atoms with Gasteiger partial charge in [0.15, 0.2) is 13.1 Å². The van der Waals surface area contributed by atoms with Gasteiger partial charge >= 0.3 is 6.03 Å². The lowest BCUT2D eigenvalue weighted by Crippen LogP contribution is -3.11. The van der Waals surface area contributed by atoms with E-state index in [4.69, 9.17) is 0 Å². The second-order valence-electron chi connectivity index (χ2n) is 7.99. The lowest BCUT2D eigenvalue weighted by molar-refractivity contribution is -0.862. The third-order valence-corrected chi connectivity index (χ3v) is 5.06. The van der Waals surface area contributed by atoms with Crippen molar-refractivity contribution in [3.05, 3.63) is 28.8 Å². The number of hydrogen-bond donors (Lipinski definition) is 4. The zero-order chi connectivity index (χ0) is 20.7. The van der Waals surface area contributed by atoms with Gasteiger partial charge < -0.3 is 15.5 Å². The molecular formula is C21H33N4O3+. The molecule has 0 aliphatic heterocycles. The fourth-order valence-electron chi connectivity index (χ4n) is 3.81. The number of nitrogens with one attached hydrogen (secondary N) is 4. The van der Waals surface area contributed by atoms with Gasteiger partial charge in [0.05, 0.1) is 7.05 Å². The Hall–Kier alpha value is -2.41. The number of aryl methyl sites for hydroxylation is 3. The number of benzene rings is 1. The number of anilines is 1. The minimum atomic E-state index is -0.444. The van der Waals surface area contributed by atoms with E-state index in [0.717, 1.165) is 48.1 Å². The number of rotatable bonds is 6. The monoisotopic (exact) mass is 389 g/mol. The molecule has 1 aromatic carbocycles. The molecule has 7 nitrogen and oxygen atoms in total. The van der Waals surface area contributed by atoms with Crippen molar-refractivity contribution in [2.24, 2.45) is 0 Å². The van der Waals surface area contributed by atoms with Crippen LogP contribution in [-0.4, -0.2) is 44.0 Å². The third-order valence-electron chi connectivity index (χ3n) is 5.06. The Morgan fingerprint density at radius 2 is 1.54 bits per heavy atom. The molecule has 1 saturated carbocycles. The maximum absolute atomic E-state index is 12.3. The minimum Gasteiger partial charge on any atom is -0.335 e. The van der Waals surface area contributed by atoms with Crippen LogP contribution in [0.25, 0.3) is 0 Å². The van der Waals surface area contributed by atoms with Crippen molar-refractivity contribution in [2.75, 3.05) is 25.5 Å². The lowest BCUT2D eigenvalue weighted by atomic mass is 9.96. The molecule has 0 saturated heterocycles. The van der Waals surface area contributed by atoms with Crippen LogP contribution in [0.5, 0.6) is 0 Å². The summed E-state index contributed by atoms with van der Waals surface area (Å²) in [5.74, 6) is -0.548. The van der Waals surface area contributed by atoms with Crippen LogP contribution in [0, 0.1) is 20.8 Å². The summed E-state index contributed by atoms with van der Waals surface area (Å²) in [6, 6.07) is 3.76. The highest BCUT2D eigenvalue weighted by molar-refractivity contribution is 5.95. The van der Waals surface area contributed by atoms with Crippen molar-refractivity contribution < 1.29 is 19.3 Å². The van der Waals surface area contributed by atoms with Crippen molar-refractivity contribution in [2.45, 2.75) is 58.9 Å². The number of likely N-dealkylation sites (N-methyl/N-ethyl adjacent to an activating group) is 1. The Kier molecular flexibility index (Phi) is 7.99. The molecular weight excluding hydrogens is 356 g/mol. The van der Waals surface area contributed by atoms with E-state index in [0.29, 0.717) is 4.90 Å². The van der Waals surface area contributed by atoms with Gasteiger partial charge in [0, 0.05) is 11.7 Å². The quantitative estimate of drug-likeness (QED) is 0.590. The fraction of sp³-hybridized carbons (Fsp3) is 0.571. The highest BCUT2D eigenvalue weighted by Gasteiger charge is 2.20. The molecule has 28 heavy (non-hydrogen) atoms. The predicted octanol–water partition coefficient (Wildman–Crippen LogP) is 1.22. The molecule has 1 fully saturated rings. The van der Waals surface area contributed by atoms with Crippen molar-refractivity contribution >= 4 is 23.5 Å². The number of hydrogen-bond acceptors (Lipinski definition) is 3. The zero-order valence-corrected chi connectivity index (χ0v) is 17.4. The molecule has 4 amide bonds. The first kappa shape index (κ1) is 21.9. The summed E-state index contributed by atoms with van der Waals surface area (Å²) in [4.78, 5) is 37.1. The van der Waals surface area contributed by atoms with Gasteiger partial charge in [-0.3, -0.25) is 14.9 Å². The number of imide groups is 1. The Morgan fingerprint density at radius 3 is 2.14 bits per heavy atom. The summed E-state index contributed by atoms with van der Waals surface area (Å²) in [6.07, 6.45) is 5.35. The van der Waals surface area contributed by atoms with Crippen LogP contribution in [0.15, 0.2) is 12.1 Å². The molecule has 0 heterocycles. The van der Waals surface area contributed by atoms with Gasteiger partial charge in [0.2, 0.25) is 0 Å². The van der Waals surface area contributed by atoms with Crippen molar-refractivity contribution in [1.29, 1.82) is 0 Å². The molecule has 1 aliphatic rings. The highest BCUT2D eigenvalue weighted by atomic mass is 16.2. The first-order chi connectivity index (χ1) is 13.2. The normalized spacial score (nSPS) is 15.6. The Balaban J connectivity index is 1.76. The van der Waals surface area contributed by atoms with Crippen LogP contribution >= 0.6 is 0 Å². The first-order valence-corrected chi connectivity index (χ1v) is 10.0. The molecule has 1 unspecified atom stereocenters. The molecule has 4 N–H and O–H groups in total. The first-order valence-electron chi connectivity index (χ1n) is 10.0. The molecule has 154 valence electrons. The van der Waals surface area contributed by atoms with E-state index in [9.17, 15) is 14.4 Å². The molecule has 1 aliphatic carbocycles. The molecule has 0 spiro atoms. The van der Waals surface area contributed by atoms with Crippen molar-refractivity contribution in [3.8, 4) is 0 Å². The van der Waals surface area contributed by atoms with E-state index in [-0.39, 0.29) is 30.9 Å². The van der Waals surface area contributed by atoms with Crippen LogP contribution in [0.3, 0.4) is 0 Å². The fourth-order valence-corrected chi connectivity index (χ4v) is 3.81. The van der Waals surface area contributed by atoms with E-state index in [1.54, 1.807) is 7.05 Å². The van der Waals surface area contributed by atoms with Crippen LogP contribution in [0.1, 0.15) is 48.8 Å². The van der Waals surface area contributed by atoms with Crippen molar-refractivity contribution in [1.82, 2.24) is 10.6 Å². The average molecular weight is 390 g/mol. The molecule has 7 heteroatoms. The molecule has 1 aromatic rings. The van der Waals surface area contributed by atoms with Crippen LogP contribution in [0.2, 0.25) is 0 Å². The van der Waals surface area contributed by atoms with Crippen LogP contribution in [-0.2, 0) is 9.59 Å². The number of amides is 4. The van der Waals surface area contributed by atoms with Gasteiger partial charge in [0.25, 0.3) is 11.8 Å². The lowest BCUT2D eigenvalue weighted by Gasteiger charge is -2.22. The Labute approximate surface area is 167 Å². The summed E-state index contributed by atoms with van der Waals surface area (Å²) in [5.41, 5.74) is 4.00. The number of carbonyl (C=O) groups is 3. The third kappa shape index (κ3) is 6.96. The van der Waals surface area contributed by atoms with E-state index in [1.807, 2.05) is 32.9 Å². The van der Waals surface area contributed by atoms with Gasteiger partial charge in [0.1, 0.15) is 0 Å². The Bertz CT molecular complexity index is 703. The number of carbonyl (C=O) groups excluding carboxylic acids is 3. The smallest absolute Gasteiger partial charge is 0.321 e. The van der Waals surface area contributed by atoms with E-state index in [1.165, 1.54) is 6.42 Å². The SMILES string of the molecule is Cc1cc(C)c(NC(=O)C[NH+](C)CC(=O)NC(=O)NC2CCCCC2)c(C)c1. The maximum Gasteiger partial charge on any atom is 0.321 e. The zero-order valence-electron chi connectivity index (χ0n) is 17.4. The largest absolute Gasteiger partial charge is 0.335 e. The maximum atomic E-state index is 12.3. The Morgan fingerprint density at radius 1 is 0.964 bits per heavy atom. The molecule has 2 rings (SSSR count). The standard InChI is InChI=1S/C21H32N4O3/c1-14-10-15(2)20(16(3)11-14)23-18(26)12-25(4)13-19(27)24-21(28)22-17-8-6-5-7-9-17/h10-11,17H,5-9,12-13H2,1-4H3,(H,23,26)(H2,22,24,27,28)/p+1. The second kappa shape index (κ2) is 10.2. The number of urea groups is 1. The summed E-state index contributed by atoms with van der Waals surface area (Å²) in [7, 11) is 1.76. The molecule has 1 atom stereocenters. The van der Waals surface area contributed by atoms with Crippen LogP contribution < -0.4 is 20.9 Å². The van der Waals surface area contributed by atoms with Gasteiger partial charge in [-0.2, -0.15) is 0 Å². The summed E-state index contributed by atoms with van der Waals surface area (Å²) >= 11 is 0. The summed E-state index contributed by atoms with van der Waals surface area (Å²) < 4.78 is 0. The summed E-state index contributed by atoms with van der Waals surface area (Å²) in [6.45, 7) is 6.14. The van der Waals surface area contributed by atoms with E-state index < -0.39 is 6.03 Å². The average Bonchev–Trinajstić information content (AvgIpc) is 2.58. The van der Waals surface area contributed by atoms with Gasteiger partial charge in [-0.25, -0.2) is 4.79 Å². The van der Waals surface area contributed by atoms with Crippen LogP contribution in [0.4, 0.5) is 10.5 Å². The molecule has 0 bridgehead atoms. The minimum absolute atomic E-state index is 0.0529. The van der Waals surface area contributed by atoms with E-state index in [2.05, 4.69) is 16.0 Å². The second-order valence-corrected chi connectivity index (χ2v) is 7.99. The highest BCUT2D eigenvalue weighted by Crippen LogP contribution is 2.21. The topological polar surface area (TPSA) is 91.7 Å². The van der Waals surface area contributed by atoms with Gasteiger partial charge in [-0.05, 0) is 44.7 Å².